The number of ketones is 2. The predicted molar refractivity (Wildman–Crippen MR) is 49.2 cm³/mol. The number of nitrogens with two attached hydrogens (primary N) is 1. The number of fused-ring (bicyclic) bond motifs is 1. The van der Waals surface area contributed by atoms with Gasteiger partial charge in [0.15, 0.2) is 0 Å². The van der Waals surface area contributed by atoms with Crippen LogP contribution in [-0.2, 0) is 4.79 Å². The highest BCUT2D eigenvalue weighted by atomic mass is 16.2. The van der Waals surface area contributed by atoms with E-state index in [4.69, 9.17) is 5.73 Å². The molecule has 1 aromatic carbocycles. The van der Waals surface area contributed by atoms with Crippen molar-refractivity contribution in [1.29, 1.82) is 0 Å². The first kappa shape index (κ1) is 7.73. The van der Waals surface area contributed by atoms with Gasteiger partial charge in [0.25, 0.3) is 0 Å². The summed E-state index contributed by atoms with van der Waals surface area (Å²) in [4.78, 5) is 22.3. The van der Waals surface area contributed by atoms with Crippen LogP contribution in [0.5, 0.6) is 0 Å². The van der Waals surface area contributed by atoms with E-state index in [1.54, 1.807) is 24.3 Å². The number of benzene rings is 1. The van der Waals surface area contributed by atoms with Crippen LogP contribution in [0.2, 0.25) is 0 Å². The van der Waals surface area contributed by atoms with Gasteiger partial charge in [-0.15, -0.1) is 0 Å². The summed E-state index contributed by atoms with van der Waals surface area (Å²) in [7, 11) is 0. The SMILES string of the molecule is Nc1cccc2c1C=CC(=O)C2=O. The number of hydrogen-bond acceptors (Lipinski definition) is 3. The van der Waals surface area contributed by atoms with E-state index >= 15 is 0 Å². The van der Waals surface area contributed by atoms with Gasteiger partial charge in [0.05, 0.1) is 0 Å². The summed E-state index contributed by atoms with van der Waals surface area (Å²) >= 11 is 0. The van der Waals surface area contributed by atoms with E-state index in [-0.39, 0.29) is 0 Å². The monoisotopic (exact) mass is 173 g/mol. The maximum atomic E-state index is 11.3. The molecule has 0 heterocycles. The molecule has 0 aromatic heterocycles. The molecule has 0 amide bonds. The number of nitrogen functional groups attached to an aromatic ring is 1. The lowest BCUT2D eigenvalue weighted by molar-refractivity contribution is -0.110. The average Bonchev–Trinajstić information content (AvgIpc) is 2.12. The van der Waals surface area contributed by atoms with Crippen LogP contribution in [0.1, 0.15) is 15.9 Å². The van der Waals surface area contributed by atoms with Crippen LogP contribution >= 0.6 is 0 Å². The molecule has 64 valence electrons. The van der Waals surface area contributed by atoms with E-state index < -0.39 is 11.6 Å². The molecule has 0 bridgehead atoms. The Hall–Kier alpha value is -1.90. The smallest absolute Gasteiger partial charge is 0.233 e. The number of carbonyl (C=O) groups is 2. The van der Waals surface area contributed by atoms with E-state index in [1.165, 1.54) is 6.08 Å². The summed E-state index contributed by atoms with van der Waals surface area (Å²) in [6, 6.07) is 4.97. The van der Waals surface area contributed by atoms with E-state index in [0.717, 1.165) is 0 Å². The van der Waals surface area contributed by atoms with Crippen LogP contribution in [-0.4, -0.2) is 11.6 Å². The standard InChI is InChI=1S/C10H7NO2/c11-8-3-1-2-7-6(8)4-5-9(12)10(7)13/h1-5H,11H2. The fraction of sp³-hybridized carbons (Fsp3) is 0. The van der Waals surface area contributed by atoms with Crippen LogP contribution in [0.25, 0.3) is 6.08 Å². The lowest BCUT2D eigenvalue weighted by Crippen LogP contribution is -2.16. The second-order valence-corrected chi connectivity index (χ2v) is 2.84. The third kappa shape index (κ3) is 1.05. The van der Waals surface area contributed by atoms with E-state index in [1.807, 2.05) is 0 Å². The van der Waals surface area contributed by atoms with Crippen molar-refractivity contribution in [2.45, 2.75) is 0 Å². The normalized spacial score (nSPS) is 14.5. The Labute approximate surface area is 74.9 Å². The van der Waals surface area contributed by atoms with Gasteiger partial charge in [-0.1, -0.05) is 12.1 Å². The fourth-order valence-electron chi connectivity index (χ4n) is 1.33. The summed E-state index contributed by atoms with van der Waals surface area (Å²) < 4.78 is 0. The molecule has 0 radical (unpaired) electrons. The van der Waals surface area contributed by atoms with Gasteiger partial charge >= 0.3 is 0 Å². The molecule has 2 rings (SSSR count). The molecule has 0 spiro atoms. The van der Waals surface area contributed by atoms with Crippen molar-refractivity contribution in [2.24, 2.45) is 0 Å². The highest BCUT2D eigenvalue weighted by Gasteiger charge is 2.21. The number of anilines is 1. The first-order valence-electron chi connectivity index (χ1n) is 3.85. The Bertz CT molecular complexity index is 433. The number of Topliss-reactive ketones (excluding diaryl/α,β-unsaturated/α-hetero) is 1. The summed E-state index contributed by atoms with van der Waals surface area (Å²) in [5.41, 5.74) is 7.20. The molecular weight excluding hydrogens is 166 g/mol. The van der Waals surface area contributed by atoms with Crippen molar-refractivity contribution in [3.8, 4) is 0 Å². The number of carbonyl (C=O) groups excluding carboxylic acids is 2. The van der Waals surface area contributed by atoms with Crippen molar-refractivity contribution >= 4 is 23.3 Å². The van der Waals surface area contributed by atoms with Gasteiger partial charge in [-0.3, -0.25) is 9.59 Å². The van der Waals surface area contributed by atoms with E-state index in [0.29, 0.717) is 16.8 Å². The molecule has 1 aliphatic rings. The minimum Gasteiger partial charge on any atom is -0.398 e. The summed E-state index contributed by atoms with van der Waals surface area (Å²) in [6.45, 7) is 0. The minimum absolute atomic E-state index is 0.396. The Kier molecular flexibility index (Phi) is 1.52. The third-order valence-electron chi connectivity index (χ3n) is 2.01. The average molecular weight is 173 g/mol. The number of hydrogen-bond donors (Lipinski definition) is 1. The van der Waals surface area contributed by atoms with Crippen molar-refractivity contribution in [2.75, 3.05) is 5.73 Å². The molecule has 2 N–H and O–H groups in total. The Balaban J connectivity index is 2.72. The molecule has 0 unspecified atom stereocenters. The highest BCUT2D eigenvalue weighted by molar-refractivity contribution is 6.50. The molecule has 3 nitrogen and oxygen atoms in total. The van der Waals surface area contributed by atoms with Crippen LogP contribution in [0.4, 0.5) is 5.69 Å². The third-order valence-corrected chi connectivity index (χ3v) is 2.01. The molecule has 0 aliphatic heterocycles. The zero-order valence-electron chi connectivity index (χ0n) is 6.78. The molecule has 3 heteroatoms. The summed E-state index contributed by atoms with van der Waals surface area (Å²) in [5.74, 6) is -0.970. The van der Waals surface area contributed by atoms with Gasteiger partial charge in [0.1, 0.15) is 0 Å². The van der Waals surface area contributed by atoms with Crippen molar-refractivity contribution in [3.63, 3.8) is 0 Å². The molecule has 0 saturated heterocycles. The first-order chi connectivity index (χ1) is 6.20. The van der Waals surface area contributed by atoms with Gasteiger partial charge in [0.2, 0.25) is 11.6 Å². The van der Waals surface area contributed by atoms with Crippen molar-refractivity contribution in [3.05, 3.63) is 35.4 Å². The molecular formula is C10H7NO2. The largest absolute Gasteiger partial charge is 0.398 e. The number of rotatable bonds is 0. The quantitative estimate of drug-likeness (QED) is 0.471. The summed E-state index contributed by atoms with van der Waals surface area (Å²) in [6.07, 6.45) is 2.83. The van der Waals surface area contributed by atoms with Gasteiger partial charge < -0.3 is 5.73 Å². The molecule has 0 fully saturated rings. The van der Waals surface area contributed by atoms with Crippen LogP contribution in [0.3, 0.4) is 0 Å². The molecule has 1 aromatic rings. The predicted octanol–water partition coefficient (Wildman–Crippen LogP) is 1.05. The van der Waals surface area contributed by atoms with Crippen molar-refractivity contribution in [1.82, 2.24) is 0 Å². The summed E-state index contributed by atoms with van der Waals surface area (Å²) in [5, 5.41) is 0. The van der Waals surface area contributed by atoms with Gasteiger partial charge in [-0.05, 0) is 18.2 Å². The molecule has 13 heavy (non-hydrogen) atoms. The van der Waals surface area contributed by atoms with Crippen LogP contribution in [0.15, 0.2) is 24.3 Å². The van der Waals surface area contributed by atoms with Crippen LogP contribution in [0, 0.1) is 0 Å². The minimum atomic E-state index is -0.488. The Morgan fingerprint density at radius 2 is 1.85 bits per heavy atom. The second-order valence-electron chi connectivity index (χ2n) is 2.84. The fourth-order valence-corrected chi connectivity index (χ4v) is 1.33. The zero-order valence-corrected chi connectivity index (χ0v) is 6.78. The number of allylic oxidation sites excluding steroid dienone is 1. The molecule has 0 saturated carbocycles. The van der Waals surface area contributed by atoms with Gasteiger partial charge in [-0.25, -0.2) is 0 Å². The second kappa shape index (κ2) is 2.55. The van der Waals surface area contributed by atoms with E-state index in [2.05, 4.69) is 0 Å². The Morgan fingerprint density at radius 1 is 1.08 bits per heavy atom. The highest BCUT2D eigenvalue weighted by Crippen LogP contribution is 2.22. The molecule has 0 atom stereocenters. The van der Waals surface area contributed by atoms with E-state index in [9.17, 15) is 9.59 Å². The van der Waals surface area contributed by atoms with Crippen LogP contribution < -0.4 is 5.73 Å². The zero-order chi connectivity index (χ0) is 9.42. The maximum absolute atomic E-state index is 11.3. The lowest BCUT2D eigenvalue weighted by atomic mass is 9.94. The van der Waals surface area contributed by atoms with Gasteiger partial charge in [-0.2, -0.15) is 0 Å². The van der Waals surface area contributed by atoms with Gasteiger partial charge in [0, 0.05) is 16.8 Å². The lowest BCUT2D eigenvalue weighted by Gasteiger charge is -2.09. The maximum Gasteiger partial charge on any atom is 0.233 e. The topological polar surface area (TPSA) is 60.2 Å². The Morgan fingerprint density at radius 3 is 2.62 bits per heavy atom. The first-order valence-corrected chi connectivity index (χ1v) is 3.85. The van der Waals surface area contributed by atoms with Crippen molar-refractivity contribution < 1.29 is 9.59 Å². The molecule has 1 aliphatic carbocycles.